The number of likely N-dealkylation sites (N-methyl/N-ethyl adjacent to an activating group) is 1. The second kappa shape index (κ2) is 6.66. The number of carbonyl (C=O) groups excluding carboxylic acids is 2. The average Bonchev–Trinajstić information content (AvgIpc) is 3.20. The van der Waals surface area contributed by atoms with Gasteiger partial charge in [0.25, 0.3) is 0 Å². The molecule has 1 saturated carbocycles. The van der Waals surface area contributed by atoms with Crippen molar-refractivity contribution in [3.8, 4) is 0 Å². The Morgan fingerprint density at radius 1 is 1.43 bits per heavy atom. The Bertz CT molecular complexity index is 524. The van der Waals surface area contributed by atoms with Crippen molar-refractivity contribution in [2.75, 3.05) is 13.2 Å². The minimum atomic E-state index is -0.564. The Kier molecular flexibility index (Phi) is 4.89. The fourth-order valence-electron chi connectivity index (χ4n) is 2.26. The number of aromatic nitrogens is 3. The van der Waals surface area contributed by atoms with Crippen molar-refractivity contribution in [2.24, 2.45) is 5.73 Å². The van der Waals surface area contributed by atoms with Crippen LogP contribution in [0.3, 0.4) is 0 Å². The quantitative estimate of drug-likeness (QED) is 0.706. The van der Waals surface area contributed by atoms with Crippen molar-refractivity contribution in [3.05, 3.63) is 11.4 Å². The Morgan fingerprint density at radius 2 is 2.14 bits per heavy atom. The van der Waals surface area contributed by atoms with Crippen molar-refractivity contribution in [1.82, 2.24) is 19.9 Å². The van der Waals surface area contributed by atoms with E-state index >= 15 is 0 Å². The maximum Gasteiger partial charge on any atom is 0.360 e. The molecule has 116 valence electrons. The summed E-state index contributed by atoms with van der Waals surface area (Å²) in [6, 6.07) is 0.344. The standard InChI is InChI=1S/C13H21N5O3/c1-3-17(9-5-6-9)11(19)8-18-10(7-14)12(15-16-18)13(20)21-4-2/h9H,3-8,14H2,1-2H3. The molecule has 0 aliphatic heterocycles. The van der Waals surface area contributed by atoms with Crippen LogP contribution in [-0.4, -0.2) is 51.0 Å². The molecule has 0 aromatic carbocycles. The Morgan fingerprint density at radius 3 is 2.67 bits per heavy atom. The van der Waals surface area contributed by atoms with Crippen LogP contribution in [0.25, 0.3) is 0 Å². The number of amides is 1. The largest absolute Gasteiger partial charge is 0.461 e. The fourth-order valence-corrected chi connectivity index (χ4v) is 2.26. The zero-order valence-corrected chi connectivity index (χ0v) is 12.4. The number of rotatable bonds is 7. The molecule has 1 heterocycles. The SMILES string of the molecule is CCOC(=O)c1nnn(CC(=O)N(CC)C2CC2)c1CN. The molecule has 0 bridgehead atoms. The molecule has 21 heavy (non-hydrogen) atoms. The van der Waals surface area contributed by atoms with E-state index in [0.717, 1.165) is 12.8 Å². The van der Waals surface area contributed by atoms with Gasteiger partial charge in [0.2, 0.25) is 5.91 Å². The lowest BCUT2D eigenvalue weighted by Gasteiger charge is -2.20. The van der Waals surface area contributed by atoms with Crippen LogP contribution in [0, 0.1) is 0 Å². The molecule has 0 saturated heterocycles. The van der Waals surface area contributed by atoms with Crippen LogP contribution in [0.5, 0.6) is 0 Å². The van der Waals surface area contributed by atoms with Crippen molar-refractivity contribution >= 4 is 11.9 Å². The third-order valence-electron chi connectivity index (χ3n) is 3.43. The minimum absolute atomic E-state index is 0.0324. The van der Waals surface area contributed by atoms with E-state index in [9.17, 15) is 9.59 Å². The lowest BCUT2D eigenvalue weighted by molar-refractivity contribution is -0.132. The summed E-state index contributed by atoms with van der Waals surface area (Å²) in [5.74, 6) is -0.596. The van der Waals surface area contributed by atoms with Gasteiger partial charge in [-0.05, 0) is 26.7 Å². The van der Waals surface area contributed by atoms with Gasteiger partial charge in [-0.3, -0.25) is 4.79 Å². The van der Waals surface area contributed by atoms with E-state index < -0.39 is 5.97 Å². The maximum atomic E-state index is 12.3. The highest BCUT2D eigenvalue weighted by atomic mass is 16.5. The molecule has 8 nitrogen and oxygen atoms in total. The first-order chi connectivity index (χ1) is 10.1. The second-order valence-electron chi connectivity index (χ2n) is 4.88. The summed E-state index contributed by atoms with van der Waals surface area (Å²) in [6.07, 6.45) is 2.10. The van der Waals surface area contributed by atoms with E-state index in [4.69, 9.17) is 10.5 Å². The van der Waals surface area contributed by atoms with Gasteiger partial charge in [0.05, 0.1) is 12.3 Å². The van der Waals surface area contributed by atoms with Gasteiger partial charge in [0.15, 0.2) is 5.69 Å². The van der Waals surface area contributed by atoms with Gasteiger partial charge in [0.1, 0.15) is 6.54 Å². The first kappa shape index (κ1) is 15.4. The average molecular weight is 295 g/mol. The third kappa shape index (κ3) is 3.38. The van der Waals surface area contributed by atoms with E-state index in [0.29, 0.717) is 18.3 Å². The molecular formula is C13H21N5O3. The van der Waals surface area contributed by atoms with Crippen LogP contribution in [0.1, 0.15) is 42.9 Å². The summed E-state index contributed by atoms with van der Waals surface area (Å²) in [7, 11) is 0. The van der Waals surface area contributed by atoms with Crippen molar-refractivity contribution in [2.45, 2.75) is 45.8 Å². The zero-order chi connectivity index (χ0) is 15.4. The molecular weight excluding hydrogens is 274 g/mol. The van der Waals surface area contributed by atoms with Gasteiger partial charge < -0.3 is 15.4 Å². The normalized spacial score (nSPS) is 14.0. The zero-order valence-electron chi connectivity index (χ0n) is 12.4. The summed E-state index contributed by atoms with van der Waals surface area (Å²) in [5.41, 5.74) is 6.16. The minimum Gasteiger partial charge on any atom is -0.461 e. The maximum absolute atomic E-state index is 12.3. The van der Waals surface area contributed by atoms with E-state index in [-0.39, 0.29) is 31.3 Å². The summed E-state index contributed by atoms with van der Waals surface area (Å²) >= 11 is 0. The van der Waals surface area contributed by atoms with Gasteiger partial charge in [-0.25, -0.2) is 9.48 Å². The first-order valence-electron chi connectivity index (χ1n) is 7.21. The molecule has 1 aromatic heterocycles. The van der Waals surface area contributed by atoms with Gasteiger partial charge >= 0.3 is 5.97 Å². The van der Waals surface area contributed by atoms with Crippen molar-refractivity contribution in [3.63, 3.8) is 0 Å². The first-order valence-corrected chi connectivity index (χ1v) is 7.21. The molecule has 0 radical (unpaired) electrons. The fraction of sp³-hybridized carbons (Fsp3) is 0.692. The lowest BCUT2D eigenvalue weighted by atomic mass is 10.3. The van der Waals surface area contributed by atoms with Gasteiger partial charge in [-0.15, -0.1) is 5.10 Å². The number of carbonyl (C=O) groups is 2. The van der Waals surface area contributed by atoms with Crippen LogP contribution >= 0.6 is 0 Å². The third-order valence-corrected chi connectivity index (χ3v) is 3.43. The molecule has 1 aromatic rings. The van der Waals surface area contributed by atoms with Crippen LogP contribution in [0.15, 0.2) is 0 Å². The molecule has 8 heteroatoms. The number of nitrogens with zero attached hydrogens (tertiary/aromatic N) is 4. The smallest absolute Gasteiger partial charge is 0.360 e. The molecule has 0 unspecified atom stereocenters. The highest BCUT2D eigenvalue weighted by Gasteiger charge is 2.32. The molecule has 1 aliphatic carbocycles. The molecule has 2 rings (SSSR count). The highest BCUT2D eigenvalue weighted by Crippen LogP contribution is 2.26. The van der Waals surface area contributed by atoms with E-state index in [1.54, 1.807) is 6.92 Å². The van der Waals surface area contributed by atoms with E-state index in [1.165, 1.54) is 4.68 Å². The molecule has 1 fully saturated rings. The lowest BCUT2D eigenvalue weighted by Crippen LogP contribution is -2.36. The number of hydrogen-bond acceptors (Lipinski definition) is 6. The molecule has 2 N–H and O–H groups in total. The Labute approximate surface area is 123 Å². The van der Waals surface area contributed by atoms with Crippen LogP contribution < -0.4 is 5.73 Å². The number of esters is 1. The Balaban J connectivity index is 2.12. The molecule has 0 spiro atoms. The summed E-state index contributed by atoms with van der Waals surface area (Å²) in [5, 5.41) is 7.66. The van der Waals surface area contributed by atoms with E-state index in [2.05, 4.69) is 10.3 Å². The molecule has 0 atom stereocenters. The molecule has 1 amide bonds. The predicted octanol–water partition coefficient (Wildman–Crippen LogP) is -0.0756. The van der Waals surface area contributed by atoms with Crippen LogP contribution in [0.4, 0.5) is 0 Å². The van der Waals surface area contributed by atoms with Gasteiger partial charge in [-0.1, -0.05) is 5.21 Å². The van der Waals surface area contributed by atoms with Gasteiger partial charge in [0, 0.05) is 19.1 Å². The second-order valence-corrected chi connectivity index (χ2v) is 4.88. The van der Waals surface area contributed by atoms with E-state index in [1.807, 2.05) is 11.8 Å². The number of ether oxygens (including phenoxy) is 1. The predicted molar refractivity (Wildman–Crippen MR) is 74.3 cm³/mol. The highest BCUT2D eigenvalue weighted by molar-refractivity contribution is 5.88. The summed E-state index contributed by atoms with van der Waals surface area (Å²) in [4.78, 5) is 25.8. The number of nitrogens with two attached hydrogens (primary N) is 1. The van der Waals surface area contributed by atoms with Crippen LogP contribution in [-0.2, 0) is 22.6 Å². The topological polar surface area (TPSA) is 103 Å². The molecule has 1 aliphatic rings. The summed E-state index contributed by atoms with van der Waals surface area (Å²) in [6.45, 7) is 4.70. The summed E-state index contributed by atoms with van der Waals surface area (Å²) < 4.78 is 6.29. The Hall–Kier alpha value is -1.96. The van der Waals surface area contributed by atoms with Gasteiger partial charge in [-0.2, -0.15) is 0 Å². The van der Waals surface area contributed by atoms with Crippen molar-refractivity contribution < 1.29 is 14.3 Å². The number of hydrogen-bond donors (Lipinski definition) is 1. The monoisotopic (exact) mass is 295 g/mol. The van der Waals surface area contributed by atoms with Crippen LogP contribution in [0.2, 0.25) is 0 Å². The van der Waals surface area contributed by atoms with Crippen molar-refractivity contribution in [1.29, 1.82) is 0 Å².